The van der Waals surface area contributed by atoms with Gasteiger partial charge >= 0.3 is 5.97 Å². The second kappa shape index (κ2) is 11.0. The maximum atomic E-state index is 11.9. The Balaban J connectivity index is 2.77. The number of unbranched alkanes of at least 4 members (excludes halogenated alkanes) is 3. The van der Waals surface area contributed by atoms with E-state index < -0.39 is 5.79 Å². The van der Waals surface area contributed by atoms with Gasteiger partial charge in [-0.25, -0.2) is 0 Å². The molecule has 0 N–H and O–H groups in total. The Hall–Kier alpha value is -0.610. The molecule has 4 heteroatoms. The first-order valence-electron chi connectivity index (χ1n) is 9.56. The topological polar surface area (TPSA) is 44.8 Å². The Labute approximate surface area is 142 Å². The first-order valence-corrected chi connectivity index (χ1v) is 9.56. The van der Waals surface area contributed by atoms with Crippen molar-refractivity contribution in [1.82, 2.24) is 0 Å². The largest absolute Gasteiger partial charge is 0.466 e. The van der Waals surface area contributed by atoms with Crippen LogP contribution in [0.5, 0.6) is 0 Å². The smallest absolute Gasteiger partial charge is 0.306 e. The third-order valence-corrected chi connectivity index (χ3v) is 4.88. The van der Waals surface area contributed by atoms with E-state index in [4.69, 9.17) is 14.2 Å². The molecule has 0 aromatic carbocycles. The van der Waals surface area contributed by atoms with Crippen molar-refractivity contribution >= 4 is 5.97 Å². The van der Waals surface area contributed by atoms with Crippen LogP contribution in [0.15, 0.2) is 0 Å². The molecular formula is C19H36O4. The first kappa shape index (κ1) is 20.4. The molecule has 0 aromatic heterocycles. The standard InChI is InChI=1S/C19H36O4/c1-5-9-10-11-12-17-16(15-18(20)21-6-2)13-14-19(17,22-7-3)23-8-4/h16-17H,5-15H2,1-4H3. The van der Waals surface area contributed by atoms with E-state index in [1.54, 1.807) is 0 Å². The van der Waals surface area contributed by atoms with Gasteiger partial charge in [0.05, 0.1) is 6.61 Å². The minimum atomic E-state index is -0.493. The summed E-state index contributed by atoms with van der Waals surface area (Å²) in [6.07, 6.45) is 8.37. The van der Waals surface area contributed by atoms with Crippen LogP contribution in [0.25, 0.3) is 0 Å². The number of esters is 1. The van der Waals surface area contributed by atoms with Gasteiger partial charge in [-0.2, -0.15) is 0 Å². The molecule has 0 heterocycles. The fraction of sp³-hybridized carbons (Fsp3) is 0.947. The quantitative estimate of drug-likeness (QED) is 0.296. The molecule has 1 aliphatic rings. The Morgan fingerprint density at radius 3 is 2.26 bits per heavy atom. The molecule has 1 fully saturated rings. The van der Waals surface area contributed by atoms with Crippen molar-refractivity contribution in [1.29, 1.82) is 0 Å². The average Bonchev–Trinajstić information content (AvgIpc) is 2.83. The van der Waals surface area contributed by atoms with E-state index in [-0.39, 0.29) is 5.97 Å². The highest BCUT2D eigenvalue weighted by molar-refractivity contribution is 5.69. The highest BCUT2D eigenvalue weighted by atomic mass is 16.7. The Kier molecular flexibility index (Phi) is 9.80. The van der Waals surface area contributed by atoms with Gasteiger partial charge in [0.1, 0.15) is 0 Å². The summed E-state index contributed by atoms with van der Waals surface area (Å²) in [6.45, 7) is 9.88. The van der Waals surface area contributed by atoms with Crippen molar-refractivity contribution in [2.45, 2.75) is 84.8 Å². The van der Waals surface area contributed by atoms with Crippen LogP contribution >= 0.6 is 0 Å². The number of rotatable bonds is 12. The molecule has 23 heavy (non-hydrogen) atoms. The van der Waals surface area contributed by atoms with E-state index in [0.29, 0.717) is 38.1 Å². The Morgan fingerprint density at radius 1 is 1.00 bits per heavy atom. The number of ether oxygens (including phenoxy) is 3. The monoisotopic (exact) mass is 328 g/mol. The van der Waals surface area contributed by atoms with Gasteiger partial charge in [-0.15, -0.1) is 0 Å². The Bertz CT molecular complexity index is 323. The summed E-state index contributed by atoms with van der Waals surface area (Å²) in [4.78, 5) is 11.9. The molecule has 0 aliphatic heterocycles. The third-order valence-electron chi connectivity index (χ3n) is 4.88. The average molecular weight is 328 g/mol. The van der Waals surface area contributed by atoms with E-state index >= 15 is 0 Å². The lowest BCUT2D eigenvalue weighted by molar-refractivity contribution is -0.257. The molecule has 4 nitrogen and oxygen atoms in total. The highest BCUT2D eigenvalue weighted by Crippen LogP contribution is 2.48. The molecule has 0 saturated heterocycles. The predicted octanol–water partition coefficient (Wildman–Crippen LogP) is 4.71. The normalized spacial score (nSPS) is 23.1. The molecule has 0 aromatic rings. The van der Waals surface area contributed by atoms with Gasteiger partial charge in [0, 0.05) is 32.0 Å². The van der Waals surface area contributed by atoms with Gasteiger partial charge in [-0.1, -0.05) is 32.6 Å². The number of hydrogen-bond donors (Lipinski definition) is 0. The van der Waals surface area contributed by atoms with Gasteiger partial charge in [0.25, 0.3) is 0 Å². The Morgan fingerprint density at radius 2 is 1.70 bits per heavy atom. The summed E-state index contributed by atoms with van der Waals surface area (Å²) in [6, 6.07) is 0. The van der Waals surface area contributed by atoms with E-state index in [1.807, 2.05) is 20.8 Å². The lowest BCUT2D eigenvalue weighted by atomic mass is 9.85. The van der Waals surface area contributed by atoms with Gasteiger partial charge in [-0.05, 0) is 39.5 Å². The molecule has 0 bridgehead atoms. The van der Waals surface area contributed by atoms with Crippen LogP contribution in [0.3, 0.4) is 0 Å². The fourth-order valence-electron chi connectivity index (χ4n) is 3.95. The maximum absolute atomic E-state index is 11.9. The summed E-state index contributed by atoms with van der Waals surface area (Å²) in [7, 11) is 0. The SMILES string of the molecule is CCCCCCC1C(CC(=O)OCC)CCC1(OCC)OCC. The number of carbonyl (C=O) groups is 1. The van der Waals surface area contributed by atoms with Gasteiger partial charge in [0.2, 0.25) is 0 Å². The molecule has 2 atom stereocenters. The van der Waals surface area contributed by atoms with Crippen molar-refractivity contribution in [3.63, 3.8) is 0 Å². The van der Waals surface area contributed by atoms with Crippen LogP contribution in [0.1, 0.15) is 79.1 Å². The molecule has 0 spiro atoms. The molecule has 2 unspecified atom stereocenters. The van der Waals surface area contributed by atoms with E-state index in [0.717, 1.165) is 19.3 Å². The zero-order valence-corrected chi connectivity index (χ0v) is 15.6. The minimum absolute atomic E-state index is 0.0835. The molecule has 1 saturated carbocycles. The third kappa shape index (κ3) is 6.07. The van der Waals surface area contributed by atoms with Crippen molar-refractivity contribution in [3.8, 4) is 0 Å². The van der Waals surface area contributed by atoms with E-state index in [2.05, 4.69) is 6.92 Å². The van der Waals surface area contributed by atoms with Crippen LogP contribution in [-0.4, -0.2) is 31.6 Å². The summed E-state index contributed by atoms with van der Waals surface area (Å²) >= 11 is 0. The van der Waals surface area contributed by atoms with Gasteiger partial charge < -0.3 is 14.2 Å². The molecule has 0 amide bonds. The van der Waals surface area contributed by atoms with E-state index in [9.17, 15) is 4.79 Å². The first-order chi connectivity index (χ1) is 11.1. The molecule has 136 valence electrons. The van der Waals surface area contributed by atoms with Crippen LogP contribution in [-0.2, 0) is 19.0 Å². The lowest BCUT2D eigenvalue weighted by Crippen LogP contribution is -2.42. The lowest BCUT2D eigenvalue weighted by Gasteiger charge is -2.37. The highest BCUT2D eigenvalue weighted by Gasteiger charge is 2.50. The number of carbonyl (C=O) groups excluding carboxylic acids is 1. The van der Waals surface area contributed by atoms with Gasteiger partial charge in [0.15, 0.2) is 5.79 Å². The zero-order chi connectivity index (χ0) is 17.1. The molecule has 0 radical (unpaired) electrons. The van der Waals surface area contributed by atoms with Crippen molar-refractivity contribution in [3.05, 3.63) is 0 Å². The van der Waals surface area contributed by atoms with E-state index in [1.165, 1.54) is 25.7 Å². The molecule has 1 aliphatic carbocycles. The fourth-order valence-corrected chi connectivity index (χ4v) is 3.95. The van der Waals surface area contributed by atoms with Crippen LogP contribution < -0.4 is 0 Å². The predicted molar refractivity (Wildman–Crippen MR) is 92.2 cm³/mol. The van der Waals surface area contributed by atoms with Crippen LogP contribution in [0.4, 0.5) is 0 Å². The van der Waals surface area contributed by atoms with Gasteiger partial charge in [-0.3, -0.25) is 4.79 Å². The summed E-state index contributed by atoms with van der Waals surface area (Å²) in [5.41, 5.74) is 0. The summed E-state index contributed by atoms with van der Waals surface area (Å²) in [5.74, 6) is 0.0321. The summed E-state index contributed by atoms with van der Waals surface area (Å²) in [5, 5.41) is 0. The van der Waals surface area contributed by atoms with Crippen molar-refractivity contribution < 1.29 is 19.0 Å². The van der Waals surface area contributed by atoms with Crippen LogP contribution in [0, 0.1) is 11.8 Å². The van der Waals surface area contributed by atoms with Crippen LogP contribution in [0.2, 0.25) is 0 Å². The second-order valence-corrected chi connectivity index (χ2v) is 6.44. The second-order valence-electron chi connectivity index (χ2n) is 6.44. The minimum Gasteiger partial charge on any atom is -0.466 e. The zero-order valence-electron chi connectivity index (χ0n) is 15.6. The maximum Gasteiger partial charge on any atom is 0.306 e. The van der Waals surface area contributed by atoms with Crippen molar-refractivity contribution in [2.75, 3.05) is 19.8 Å². The molecular weight excluding hydrogens is 292 g/mol. The number of hydrogen-bond acceptors (Lipinski definition) is 4. The summed E-state index contributed by atoms with van der Waals surface area (Å²) < 4.78 is 17.4. The molecule has 1 rings (SSSR count). The van der Waals surface area contributed by atoms with Crippen molar-refractivity contribution in [2.24, 2.45) is 11.8 Å².